The van der Waals surface area contributed by atoms with E-state index < -0.39 is 11.1 Å². The lowest BCUT2D eigenvalue weighted by Gasteiger charge is -2.04. The minimum Gasteiger partial charge on any atom is -0.302 e. The number of halogens is 1. The number of benzene rings is 2. The summed E-state index contributed by atoms with van der Waals surface area (Å²) < 4.78 is 19.8. The summed E-state index contributed by atoms with van der Waals surface area (Å²) in [6.07, 6.45) is 0. The van der Waals surface area contributed by atoms with Crippen LogP contribution in [0.1, 0.15) is 10.4 Å². The van der Waals surface area contributed by atoms with Crippen LogP contribution in [0.15, 0.2) is 53.4 Å². The number of hydrogen-bond donors (Lipinski definition) is 1. The van der Waals surface area contributed by atoms with Crippen molar-refractivity contribution in [1.82, 2.24) is 0 Å². The Kier molecular flexibility index (Phi) is 4.47. The molecule has 2 aromatic carbocycles. The number of carbonyl (C=O) groups is 1. The molecule has 0 saturated carbocycles. The molecule has 0 aliphatic rings. The van der Waals surface area contributed by atoms with E-state index in [1.807, 2.05) is 12.1 Å². The first kappa shape index (κ1) is 13.9. The highest BCUT2D eigenvalue weighted by Gasteiger charge is 2.05. The van der Waals surface area contributed by atoms with Crippen molar-refractivity contribution in [1.29, 1.82) is 0 Å². The van der Waals surface area contributed by atoms with Crippen molar-refractivity contribution in [2.75, 3.05) is 5.88 Å². The van der Waals surface area contributed by atoms with Gasteiger partial charge in [-0.1, -0.05) is 36.4 Å². The molecule has 0 aliphatic carbocycles. The topological polar surface area (TPSA) is 54.4 Å². The quantitative estimate of drug-likeness (QED) is 0.534. The van der Waals surface area contributed by atoms with Crippen molar-refractivity contribution in [3.63, 3.8) is 0 Å². The fourth-order valence-electron chi connectivity index (χ4n) is 1.69. The van der Waals surface area contributed by atoms with E-state index in [0.717, 1.165) is 11.1 Å². The standard InChI is InChI=1S/C14H11ClO3S/c15-9-14(16)12-3-1-10(2-4-12)11-5-7-13(8-6-11)19(17)18/h1-8H,9H2,(H,17,18). The average Bonchev–Trinajstić information content (AvgIpc) is 2.46. The Labute approximate surface area is 118 Å². The highest BCUT2D eigenvalue weighted by Crippen LogP contribution is 2.21. The lowest BCUT2D eigenvalue weighted by molar-refractivity contribution is 0.102. The predicted octanol–water partition coefficient (Wildman–Crippen LogP) is 3.36. The number of alkyl halides is 1. The van der Waals surface area contributed by atoms with Gasteiger partial charge in [0.1, 0.15) is 0 Å². The molecule has 0 heterocycles. The highest BCUT2D eigenvalue weighted by molar-refractivity contribution is 7.79. The maximum Gasteiger partial charge on any atom is 0.186 e. The zero-order valence-corrected chi connectivity index (χ0v) is 11.4. The van der Waals surface area contributed by atoms with Crippen LogP contribution in [-0.4, -0.2) is 20.4 Å². The summed E-state index contributed by atoms with van der Waals surface area (Å²) in [5.41, 5.74) is 2.42. The molecule has 0 fully saturated rings. The Hall–Kier alpha value is -1.49. The van der Waals surface area contributed by atoms with E-state index in [9.17, 15) is 9.00 Å². The molecule has 0 unspecified atom stereocenters. The molecule has 0 aliphatic heterocycles. The zero-order chi connectivity index (χ0) is 13.8. The van der Waals surface area contributed by atoms with E-state index in [0.29, 0.717) is 10.5 Å². The second-order valence-electron chi connectivity index (χ2n) is 3.91. The van der Waals surface area contributed by atoms with Crippen molar-refractivity contribution in [2.24, 2.45) is 0 Å². The third kappa shape index (κ3) is 3.29. The lowest BCUT2D eigenvalue weighted by Crippen LogP contribution is -1.99. The van der Waals surface area contributed by atoms with Crippen LogP contribution in [0.2, 0.25) is 0 Å². The molecular weight excluding hydrogens is 284 g/mol. The van der Waals surface area contributed by atoms with Gasteiger partial charge < -0.3 is 4.55 Å². The molecule has 0 spiro atoms. The van der Waals surface area contributed by atoms with Gasteiger partial charge in [0.15, 0.2) is 16.9 Å². The first-order valence-electron chi connectivity index (χ1n) is 5.52. The fraction of sp³-hybridized carbons (Fsp3) is 0.0714. The Morgan fingerprint density at radius 3 is 1.89 bits per heavy atom. The number of Topliss-reactive ketones (excluding diaryl/α,β-unsaturated/α-hetero) is 1. The van der Waals surface area contributed by atoms with Crippen molar-refractivity contribution in [3.8, 4) is 11.1 Å². The Balaban J connectivity index is 2.27. The summed E-state index contributed by atoms with van der Waals surface area (Å²) in [4.78, 5) is 11.7. The molecule has 98 valence electrons. The van der Waals surface area contributed by atoms with Crippen molar-refractivity contribution in [3.05, 3.63) is 54.1 Å². The van der Waals surface area contributed by atoms with Crippen LogP contribution in [0.5, 0.6) is 0 Å². The van der Waals surface area contributed by atoms with Crippen LogP contribution < -0.4 is 0 Å². The Morgan fingerprint density at radius 1 is 1.00 bits per heavy atom. The molecule has 19 heavy (non-hydrogen) atoms. The summed E-state index contributed by atoms with van der Waals surface area (Å²) in [6.45, 7) is 0. The van der Waals surface area contributed by atoms with Crippen molar-refractivity contribution in [2.45, 2.75) is 4.90 Å². The first-order chi connectivity index (χ1) is 9.11. The number of carbonyl (C=O) groups excluding carboxylic acids is 1. The lowest BCUT2D eigenvalue weighted by atomic mass is 10.0. The van der Waals surface area contributed by atoms with E-state index in [4.69, 9.17) is 16.2 Å². The van der Waals surface area contributed by atoms with Gasteiger partial charge in [-0.3, -0.25) is 4.79 Å². The van der Waals surface area contributed by atoms with Crippen LogP contribution in [-0.2, 0) is 11.1 Å². The third-order valence-corrected chi connectivity index (χ3v) is 3.64. The monoisotopic (exact) mass is 294 g/mol. The van der Waals surface area contributed by atoms with Gasteiger partial charge in [0.05, 0.1) is 10.8 Å². The minimum absolute atomic E-state index is 0.0314. The van der Waals surface area contributed by atoms with Gasteiger partial charge in [-0.05, 0) is 23.3 Å². The summed E-state index contributed by atoms with van der Waals surface area (Å²) >= 11 is 3.52. The average molecular weight is 295 g/mol. The van der Waals surface area contributed by atoms with Crippen molar-refractivity contribution < 1.29 is 13.6 Å². The summed E-state index contributed by atoms with van der Waals surface area (Å²) in [7, 11) is 0. The maximum absolute atomic E-state index is 11.4. The van der Waals surface area contributed by atoms with Crippen molar-refractivity contribution >= 4 is 28.5 Å². The van der Waals surface area contributed by atoms with Crippen LogP contribution in [0.4, 0.5) is 0 Å². The molecule has 0 amide bonds. The van der Waals surface area contributed by atoms with E-state index >= 15 is 0 Å². The molecule has 0 bridgehead atoms. The van der Waals surface area contributed by atoms with Gasteiger partial charge in [0.25, 0.3) is 0 Å². The summed E-state index contributed by atoms with van der Waals surface area (Å²) in [5, 5.41) is 0. The number of rotatable bonds is 4. The van der Waals surface area contributed by atoms with Gasteiger partial charge in [0, 0.05) is 5.56 Å². The van der Waals surface area contributed by atoms with E-state index in [2.05, 4.69) is 0 Å². The predicted molar refractivity (Wildman–Crippen MR) is 76.0 cm³/mol. The highest BCUT2D eigenvalue weighted by atomic mass is 35.5. The van der Waals surface area contributed by atoms with E-state index in [1.165, 1.54) is 0 Å². The molecule has 3 nitrogen and oxygen atoms in total. The molecule has 2 rings (SSSR count). The molecule has 0 aromatic heterocycles. The minimum atomic E-state index is -1.96. The second-order valence-corrected chi connectivity index (χ2v) is 5.14. The van der Waals surface area contributed by atoms with Crippen LogP contribution in [0.3, 0.4) is 0 Å². The molecule has 2 aromatic rings. The Bertz CT molecular complexity index is 606. The Morgan fingerprint density at radius 2 is 1.47 bits per heavy atom. The van der Waals surface area contributed by atoms with Crippen LogP contribution in [0.25, 0.3) is 11.1 Å². The zero-order valence-electron chi connectivity index (χ0n) is 9.88. The fourth-order valence-corrected chi connectivity index (χ4v) is 2.21. The van der Waals surface area contributed by atoms with Crippen LogP contribution >= 0.6 is 11.6 Å². The number of hydrogen-bond acceptors (Lipinski definition) is 2. The SMILES string of the molecule is O=C(CCl)c1ccc(-c2ccc([S@](=O)O)cc2)cc1. The van der Waals surface area contributed by atoms with E-state index in [1.54, 1.807) is 36.4 Å². The molecular formula is C14H11ClO3S. The van der Waals surface area contributed by atoms with E-state index in [-0.39, 0.29) is 11.7 Å². The van der Waals surface area contributed by atoms with Gasteiger partial charge >= 0.3 is 0 Å². The van der Waals surface area contributed by atoms with Gasteiger partial charge in [-0.25, -0.2) is 4.21 Å². The summed E-state index contributed by atoms with van der Waals surface area (Å²) in [6, 6.07) is 13.8. The molecule has 1 N–H and O–H groups in total. The summed E-state index contributed by atoms with van der Waals surface area (Å²) in [5.74, 6) is -0.143. The first-order valence-corrected chi connectivity index (χ1v) is 7.16. The molecule has 0 saturated heterocycles. The third-order valence-electron chi connectivity index (χ3n) is 2.72. The van der Waals surface area contributed by atoms with Gasteiger partial charge in [-0.2, -0.15) is 0 Å². The maximum atomic E-state index is 11.4. The smallest absolute Gasteiger partial charge is 0.186 e. The normalized spacial score (nSPS) is 12.1. The molecule has 1 atom stereocenters. The largest absolute Gasteiger partial charge is 0.302 e. The van der Waals surface area contributed by atoms with Gasteiger partial charge in [-0.15, -0.1) is 11.6 Å². The second kappa shape index (κ2) is 6.10. The molecule has 5 heteroatoms. The van der Waals surface area contributed by atoms with Crippen LogP contribution in [0, 0.1) is 0 Å². The number of ketones is 1. The molecule has 0 radical (unpaired) electrons. The van der Waals surface area contributed by atoms with Gasteiger partial charge in [0.2, 0.25) is 0 Å².